The van der Waals surface area contributed by atoms with Gasteiger partial charge in [0.25, 0.3) is 0 Å². The van der Waals surface area contributed by atoms with Crippen LogP contribution in [0.3, 0.4) is 0 Å². The Balaban J connectivity index is 2.24. The van der Waals surface area contributed by atoms with Crippen molar-refractivity contribution >= 4 is 28.8 Å². The minimum atomic E-state index is 0.195. The smallest absolute Gasteiger partial charge is 0.231 e. The summed E-state index contributed by atoms with van der Waals surface area (Å²) in [7, 11) is 0. The molecule has 3 heteroatoms. The lowest BCUT2D eigenvalue weighted by atomic mass is 10.4. The van der Waals surface area contributed by atoms with E-state index < -0.39 is 0 Å². The molecule has 0 spiro atoms. The van der Waals surface area contributed by atoms with Gasteiger partial charge in [-0.05, 0) is 12.8 Å². The monoisotopic (exact) mass is 211 g/mol. The summed E-state index contributed by atoms with van der Waals surface area (Å²) < 4.78 is 2.56. The zero-order valence-electron chi connectivity index (χ0n) is 3.78. The third-order valence-electron chi connectivity index (χ3n) is 1.04. The Bertz CT molecular complexity index is 89.7. The highest BCUT2D eigenvalue weighted by Gasteiger charge is 2.28. The topological polar surface area (TPSA) is 29.1 Å². The van der Waals surface area contributed by atoms with Crippen molar-refractivity contribution in [2.75, 3.05) is 0 Å². The van der Waals surface area contributed by atoms with Gasteiger partial charge in [-0.2, -0.15) is 0 Å². The first-order valence-corrected chi connectivity index (χ1v) is 3.33. The molecule has 0 aromatic rings. The first-order chi connectivity index (χ1) is 3.34. The molecule has 0 atom stereocenters. The number of hydrogen-bond acceptors (Lipinski definition) is 1. The van der Waals surface area contributed by atoms with Crippen molar-refractivity contribution in [2.45, 2.75) is 12.8 Å². The van der Waals surface area contributed by atoms with Crippen molar-refractivity contribution in [1.82, 2.24) is 3.53 Å². The first-order valence-electron chi connectivity index (χ1n) is 2.25. The van der Waals surface area contributed by atoms with Crippen LogP contribution in [-0.2, 0) is 4.79 Å². The van der Waals surface area contributed by atoms with Crippen molar-refractivity contribution in [3.63, 3.8) is 0 Å². The maximum atomic E-state index is 10.5. The van der Waals surface area contributed by atoms with Crippen LogP contribution in [0.25, 0.3) is 0 Å². The number of hydrogen-bond donors (Lipinski definition) is 1. The molecule has 1 fully saturated rings. The molecule has 1 rings (SSSR count). The van der Waals surface area contributed by atoms with Gasteiger partial charge in [0.1, 0.15) is 0 Å². The Morgan fingerprint density at radius 2 is 2.29 bits per heavy atom. The van der Waals surface area contributed by atoms with E-state index in [0.29, 0.717) is 5.92 Å². The van der Waals surface area contributed by atoms with Crippen molar-refractivity contribution in [3.05, 3.63) is 0 Å². The first kappa shape index (κ1) is 5.34. The normalized spacial score (nSPS) is 19.0. The molecule has 1 aliphatic rings. The number of nitrogens with one attached hydrogen (secondary N) is 1. The lowest BCUT2D eigenvalue weighted by molar-refractivity contribution is -0.119. The predicted molar refractivity (Wildman–Crippen MR) is 34.9 cm³/mol. The molecule has 1 N–H and O–H groups in total. The van der Waals surface area contributed by atoms with E-state index in [4.69, 9.17) is 0 Å². The fourth-order valence-corrected chi connectivity index (χ4v) is 0.863. The van der Waals surface area contributed by atoms with Crippen LogP contribution < -0.4 is 3.53 Å². The molecule has 2 nitrogen and oxygen atoms in total. The van der Waals surface area contributed by atoms with Gasteiger partial charge in [-0.15, -0.1) is 0 Å². The molecule has 1 aliphatic carbocycles. The highest BCUT2D eigenvalue weighted by molar-refractivity contribution is 14.1. The summed E-state index contributed by atoms with van der Waals surface area (Å²) in [6, 6.07) is 0. The van der Waals surface area contributed by atoms with Gasteiger partial charge in [-0.1, -0.05) is 0 Å². The second kappa shape index (κ2) is 1.98. The molecule has 0 aromatic carbocycles. The van der Waals surface area contributed by atoms with Gasteiger partial charge >= 0.3 is 0 Å². The SMILES string of the molecule is O=C(NI)C1CC1. The maximum absolute atomic E-state index is 10.5. The molecular weight excluding hydrogens is 205 g/mol. The van der Waals surface area contributed by atoms with Gasteiger partial charge in [0, 0.05) is 5.92 Å². The Morgan fingerprint density at radius 3 is 2.43 bits per heavy atom. The number of halogens is 1. The third-order valence-corrected chi connectivity index (χ3v) is 1.57. The van der Waals surface area contributed by atoms with E-state index >= 15 is 0 Å². The van der Waals surface area contributed by atoms with Crippen LogP contribution in [0, 0.1) is 5.92 Å². The molecule has 7 heavy (non-hydrogen) atoms. The van der Waals surface area contributed by atoms with E-state index in [0.717, 1.165) is 12.8 Å². The lowest BCUT2D eigenvalue weighted by Crippen LogP contribution is -2.12. The van der Waals surface area contributed by atoms with E-state index in [9.17, 15) is 4.79 Å². The number of carbonyl (C=O) groups excluding carboxylic acids is 1. The molecule has 1 amide bonds. The molecule has 0 aromatic heterocycles. The number of rotatable bonds is 1. The summed E-state index contributed by atoms with van der Waals surface area (Å²) in [4.78, 5) is 10.5. The van der Waals surface area contributed by atoms with Gasteiger partial charge < -0.3 is 0 Å². The van der Waals surface area contributed by atoms with Crippen LogP contribution in [-0.4, -0.2) is 5.91 Å². The van der Waals surface area contributed by atoms with Gasteiger partial charge in [0.15, 0.2) is 0 Å². The number of amides is 1. The van der Waals surface area contributed by atoms with Crippen LogP contribution in [0.4, 0.5) is 0 Å². The highest BCUT2D eigenvalue weighted by atomic mass is 127. The molecule has 0 heterocycles. The van der Waals surface area contributed by atoms with Gasteiger partial charge in [0.05, 0.1) is 22.9 Å². The van der Waals surface area contributed by atoms with Crippen molar-refractivity contribution in [2.24, 2.45) is 5.92 Å². The zero-order valence-corrected chi connectivity index (χ0v) is 5.94. The predicted octanol–water partition coefficient (Wildman–Crippen LogP) is 0.863. The molecule has 0 saturated heterocycles. The summed E-state index contributed by atoms with van der Waals surface area (Å²) in [5.41, 5.74) is 0. The summed E-state index contributed by atoms with van der Waals surface area (Å²) >= 11 is 1.87. The van der Waals surface area contributed by atoms with Crippen LogP contribution in [0.1, 0.15) is 12.8 Å². The van der Waals surface area contributed by atoms with Gasteiger partial charge in [-0.25, -0.2) is 0 Å². The average molecular weight is 211 g/mol. The Hall–Kier alpha value is 0.200. The minimum Gasteiger partial charge on any atom is -0.299 e. The van der Waals surface area contributed by atoms with Crippen molar-refractivity contribution in [1.29, 1.82) is 0 Å². The standard InChI is InChI=1S/C4H6INO/c5-6-4(7)3-1-2-3/h3H,1-2H2,(H,6,7). The van der Waals surface area contributed by atoms with Crippen LogP contribution >= 0.6 is 22.9 Å². The molecule has 0 unspecified atom stereocenters. The van der Waals surface area contributed by atoms with Gasteiger partial charge in [0.2, 0.25) is 5.91 Å². The molecule has 0 bridgehead atoms. The van der Waals surface area contributed by atoms with E-state index in [-0.39, 0.29) is 5.91 Å². The van der Waals surface area contributed by atoms with E-state index in [2.05, 4.69) is 3.53 Å². The fourth-order valence-electron chi connectivity index (χ4n) is 0.423. The fraction of sp³-hybridized carbons (Fsp3) is 0.750. The quantitative estimate of drug-likeness (QED) is 0.505. The van der Waals surface area contributed by atoms with Crippen molar-refractivity contribution in [3.8, 4) is 0 Å². The van der Waals surface area contributed by atoms with E-state index in [1.807, 2.05) is 22.9 Å². The lowest BCUT2D eigenvalue weighted by Gasteiger charge is -1.87. The molecule has 40 valence electrons. The van der Waals surface area contributed by atoms with Gasteiger partial charge in [-0.3, -0.25) is 8.32 Å². The second-order valence-corrected chi connectivity index (χ2v) is 2.27. The van der Waals surface area contributed by atoms with Crippen LogP contribution in [0.2, 0.25) is 0 Å². The molecule has 0 aliphatic heterocycles. The average Bonchev–Trinajstić information content (AvgIpc) is 2.44. The maximum Gasteiger partial charge on any atom is 0.231 e. The van der Waals surface area contributed by atoms with Crippen LogP contribution in [0.15, 0.2) is 0 Å². The van der Waals surface area contributed by atoms with E-state index in [1.54, 1.807) is 0 Å². The largest absolute Gasteiger partial charge is 0.299 e. The molecule has 1 saturated carbocycles. The summed E-state index contributed by atoms with van der Waals surface area (Å²) in [6.45, 7) is 0. The summed E-state index contributed by atoms with van der Waals surface area (Å²) in [5.74, 6) is 0.553. The Kier molecular flexibility index (Phi) is 1.51. The zero-order chi connectivity index (χ0) is 5.28. The second-order valence-electron chi connectivity index (χ2n) is 1.73. The minimum absolute atomic E-state index is 0.195. The molecular formula is C4H6INO. The summed E-state index contributed by atoms with van der Waals surface area (Å²) in [5, 5.41) is 0. The summed E-state index contributed by atoms with van der Waals surface area (Å²) in [6.07, 6.45) is 2.18. The molecule has 0 radical (unpaired) electrons. The highest BCUT2D eigenvalue weighted by Crippen LogP contribution is 2.28. The van der Waals surface area contributed by atoms with Crippen LogP contribution in [0.5, 0.6) is 0 Å². The Morgan fingerprint density at radius 1 is 1.71 bits per heavy atom. The number of carbonyl (C=O) groups is 1. The van der Waals surface area contributed by atoms with Crippen molar-refractivity contribution < 1.29 is 4.79 Å². The Labute approximate surface area is 56.2 Å². The van der Waals surface area contributed by atoms with E-state index in [1.165, 1.54) is 0 Å². The third kappa shape index (κ3) is 1.29.